The Bertz CT molecular complexity index is 481. The van der Waals surface area contributed by atoms with Crippen LogP contribution in [0.4, 0.5) is 0 Å². The average molecular weight is 311 g/mol. The third-order valence-corrected chi connectivity index (χ3v) is 4.25. The van der Waals surface area contributed by atoms with Crippen molar-refractivity contribution in [1.29, 1.82) is 0 Å². The van der Waals surface area contributed by atoms with E-state index in [4.69, 9.17) is 4.55 Å². The fourth-order valence-electron chi connectivity index (χ4n) is 2.23. The zero-order valence-corrected chi connectivity index (χ0v) is 14.6. The number of hydrogen-bond acceptors (Lipinski definition) is 2. The van der Waals surface area contributed by atoms with Gasteiger partial charge in [-0.15, -0.1) is 0 Å². The van der Waals surface area contributed by atoms with Crippen LogP contribution < -0.4 is 0 Å². The molecule has 20 heavy (non-hydrogen) atoms. The van der Waals surface area contributed by atoms with Gasteiger partial charge in [0.25, 0.3) is 10.1 Å². The molecule has 3 nitrogen and oxygen atoms in total. The van der Waals surface area contributed by atoms with Crippen LogP contribution in [0.1, 0.15) is 60.3 Å². The Hall–Kier alpha value is -0.104. The van der Waals surface area contributed by atoms with Crippen LogP contribution in [-0.2, 0) is 16.5 Å². The summed E-state index contributed by atoms with van der Waals surface area (Å²) in [7, 11) is -4.09. The maximum absolute atomic E-state index is 11.2. The monoisotopic (exact) mass is 310 g/mol. The fourth-order valence-corrected chi connectivity index (χ4v) is 2.99. The Morgan fingerprint density at radius 1 is 1.00 bits per heavy atom. The maximum atomic E-state index is 11.2. The van der Waals surface area contributed by atoms with Crippen molar-refractivity contribution < 1.29 is 15.8 Å². The molecule has 5 heteroatoms. The van der Waals surface area contributed by atoms with Crippen molar-refractivity contribution in [2.24, 2.45) is 0 Å². The van der Waals surface area contributed by atoms with E-state index in [1.807, 2.05) is 6.07 Å². The molecule has 0 aliphatic rings. The summed E-state index contributed by atoms with van der Waals surface area (Å²) >= 11 is 0. The first-order valence-electron chi connectivity index (χ1n) is 7.11. The van der Waals surface area contributed by atoms with E-state index in [0.717, 1.165) is 18.4 Å². The van der Waals surface area contributed by atoms with Crippen molar-refractivity contribution in [3.8, 4) is 0 Å². The first kappa shape index (κ1) is 19.9. The number of benzene rings is 1. The first-order chi connectivity index (χ1) is 9.05. The molecule has 1 N–H and O–H groups in total. The predicted octanol–water partition coefficient (Wildman–Crippen LogP) is 4.07. The van der Waals surface area contributed by atoms with Crippen molar-refractivity contribution in [3.63, 3.8) is 0 Å². The molecular weight excluding hydrogens is 285 g/mol. The van der Waals surface area contributed by atoms with Gasteiger partial charge in [-0.2, -0.15) is 8.42 Å². The summed E-state index contributed by atoms with van der Waals surface area (Å²) in [4.78, 5) is 0.0565. The molecule has 0 saturated heterocycles. The van der Waals surface area contributed by atoms with Gasteiger partial charge in [0, 0.05) is 0 Å². The van der Waals surface area contributed by atoms with Crippen molar-refractivity contribution in [2.45, 2.75) is 63.2 Å². The van der Waals surface area contributed by atoms with Gasteiger partial charge in [0.05, 0.1) is 4.90 Å². The summed E-state index contributed by atoms with van der Waals surface area (Å²) in [6, 6.07) is 6.69. The molecule has 112 valence electrons. The minimum atomic E-state index is -4.09. The third kappa shape index (κ3) is 7.62. The molecule has 0 atom stereocenters. The van der Waals surface area contributed by atoms with E-state index in [1.54, 1.807) is 12.1 Å². The molecule has 0 fully saturated rings. The van der Waals surface area contributed by atoms with E-state index in [2.05, 4.69) is 6.92 Å². The second kappa shape index (κ2) is 10.6. The minimum absolute atomic E-state index is 0. The van der Waals surface area contributed by atoms with Gasteiger partial charge in [-0.3, -0.25) is 4.55 Å². The van der Waals surface area contributed by atoms with E-state index in [-0.39, 0.29) is 30.8 Å². The van der Waals surface area contributed by atoms with Crippen LogP contribution in [0.5, 0.6) is 0 Å². The molecule has 0 aliphatic carbocycles. The van der Waals surface area contributed by atoms with Gasteiger partial charge in [0.15, 0.2) is 0 Å². The smallest absolute Gasteiger partial charge is 1.00 e. The Morgan fingerprint density at radius 3 is 2.15 bits per heavy atom. The summed E-state index contributed by atoms with van der Waals surface area (Å²) in [5.41, 5.74) is 0.721. The van der Waals surface area contributed by atoms with Crippen LogP contribution in [0.25, 0.3) is 0 Å². The quantitative estimate of drug-likeness (QED) is 0.425. The van der Waals surface area contributed by atoms with E-state index >= 15 is 0 Å². The number of rotatable bonds is 9. The van der Waals surface area contributed by atoms with Crippen LogP contribution in [0.2, 0.25) is 0 Å². The van der Waals surface area contributed by atoms with Gasteiger partial charge in [0.1, 0.15) is 0 Å². The number of hydrogen-bond donors (Lipinski definition) is 1. The molecule has 0 bridgehead atoms. The van der Waals surface area contributed by atoms with Gasteiger partial charge in [0.2, 0.25) is 0 Å². The van der Waals surface area contributed by atoms with Gasteiger partial charge in [-0.25, -0.2) is 0 Å². The van der Waals surface area contributed by atoms with Gasteiger partial charge >= 0.3 is 23.1 Å². The average Bonchev–Trinajstić information content (AvgIpc) is 2.37. The summed E-state index contributed by atoms with van der Waals surface area (Å²) < 4.78 is 31.6. The molecule has 0 unspecified atom stereocenters. The summed E-state index contributed by atoms with van der Waals surface area (Å²) in [5, 5.41) is 0. The molecule has 0 saturated carbocycles. The maximum Gasteiger partial charge on any atom is 2.00 e. The van der Waals surface area contributed by atoms with Crippen LogP contribution >= 0.6 is 0 Å². The molecule has 1 aromatic rings. The molecule has 0 aliphatic heterocycles. The van der Waals surface area contributed by atoms with E-state index in [9.17, 15) is 8.42 Å². The SMILES string of the molecule is CCCCCCCCCc1ccccc1S(=O)(=O)O.[H-].[H-].[Mg+2]. The van der Waals surface area contributed by atoms with Crippen LogP contribution in [0.3, 0.4) is 0 Å². The summed E-state index contributed by atoms with van der Waals surface area (Å²) in [5.74, 6) is 0. The van der Waals surface area contributed by atoms with Crippen molar-refractivity contribution in [2.75, 3.05) is 0 Å². The van der Waals surface area contributed by atoms with Crippen molar-refractivity contribution >= 4 is 33.2 Å². The van der Waals surface area contributed by atoms with Crippen LogP contribution in [-0.4, -0.2) is 36.0 Å². The van der Waals surface area contributed by atoms with Gasteiger partial charge in [-0.1, -0.05) is 63.6 Å². The molecule has 0 amide bonds. The van der Waals surface area contributed by atoms with Crippen LogP contribution in [0.15, 0.2) is 29.2 Å². The molecule has 1 rings (SSSR count). The summed E-state index contributed by atoms with van der Waals surface area (Å²) in [6.07, 6.45) is 9.10. The normalized spacial score (nSPS) is 11.1. The Balaban J connectivity index is -0.00000120. The number of unbranched alkanes of at least 4 members (excludes halogenated alkanes) is 6. The van der Waals surface area contributed by atoms with E-state index in [0.29, 0.717) is 6.42 Å². The van der Waals surface area contributed by atoms with E-state index in [1.165, 1.54) is 38.2 Å². The van der Waals surface area contributed by atoms with Crippen molar-refractivity contribution in [1.82, 2.24) is 0 Å². The first-order valence-corrected chi connectivity index (χ1v) is 8.55. The second-order valence-corrected chi connectivity index (χ2v) is 6.34. The molecule has 0 heterocycles. The topological polar surface area (TPSA) is 54.4 Å². The molecular formula is C15H26MgO3S. The molecule has 0 radical (unpaired) electrons. The second-order valence-electron chi connectivity index (χ2n) is 4.95. The molecule has 1 aromatic carbocycles. The van der Waals surface area contributed by atoms with Gasteiger partial charge < -0.3 is 2.85 Å². The van der Waals surface area contributed by atoms with E-state index < -0.39 is 10.1 Å². The predicted molar refractivity (Wildman–Crippen MR) is 85.9 cm³/mol. The van der Waals surface area contributed by atoms with Crippen molar-refractivity contribution in [3.05, 3.63) is 29.8 Å². The summed E-state index contributed by atoms with van der Waals surface area (Å²) in [6.45, 7) is 2.20. The Labute approximate surface area is 142 Å². The standard InChI is InChI=1S/C15H24O3S.Mg.2H/c1-2-3-4-5-6-7-8-11-14-12-9-10-13-15(14)19(16,17)18;;;/h9-10,12-13H,2-8,11H2,1H3,(H,16,17,18);;;/q;+2;2*-1. The largest absolute Gasteiger partial charge is 2.00 e. The minimum Gasteiger partial charge on any atom is -1.00 e. The molecule has 0 spiro atoms. The fraction of sp³-hybridized carbons (Fsp3) is 0.600. The number of aryl methyl sites for hydroxylation is 1. The van der Waals surface area contributed by atoms with Crippen LogP contribution in [0, 0.1) is 0 Å². The molecule has 0 aromatic heterocycles. The van der Waals surface area contributed by atoms with Gasteiger partial charge in [-0.05, 0) is 24.5 Å². The Morgan fingerprint density at radius 2 is 1.55 bits per heavy atom. The Kier molecular flexibility index (Phi) is 10.5. The zero-order chi connectivity index (χ0) is 14.1. The third-order valence-electron chi connectivity index (χ3n) is 3.30. The zero-order valence-electron chi connectivity index (χ0n) is 14.3.